The SMILES string of the molecule is COc1ccc(C(CC(=O)O)c2nnn(C)n2)cc1. The molecule has 1 N–H and O–H groups in total. The van der Waals surface area contributed by atoms with Gasteiger partial charge in [-0.3, -0.25) is 4.79 Å². The van der Waals surface area contributed by atoms with Crippen molar-refractivity contribution in [2.24, 2.45) is 7.05 Å². The Balaban J connectivity index is 2.33. The van der Waals surface area contributed by atoms with Crippen molar-refractivity contribution in [2.45, 2.75) is 12.3 Å². The summed E-state index contributed by atoms with van der Waals surface area (Å²) in [6, 6.07) is 7.17. The summed E-state index contributed by atoms with van der Waals surface area (Å²) >= 11 is 0. The van der Waals surface area contributed by atoms with Crippen LogP contribution in [0.5, 0.6) is 5.75 Å². The highest BCUT2D eigenvalue weighted by atomic mass is 16.5. The van der Waals surface area contributed by atoms with Crippen LogP contribution in [0.25, 0.3) is 0 Å². The molecule has 1 unspecified atom stereocenters. The Morgan fingerprint density at radius 3 is 2.58 bits per heavy atom. The predicted octanol–water partition coefficient (Wildman–Crippen LogP) is 0.825. The Kier molecular flexibility index (Phi) is 3.74. The molecule has 0 bridgehead atoms. The second-order valence-electron chi connectivity index (χ2n) is 4.06. The number of methoxy groups -OCH3 is 1. The molecule has 0 saturated carbocycles. The Morgan fingerprint density at radius 2 is 2.11 bits per heavy atom. The van der Waals surface area contributed by atoms with Crippen molar-refractivity contribution < 1.29 is 14.6 Å². The van der Waals surface area contributed by atoms with Crippen molar-refractivity contribution in [3.63, 3.8) is 0 Å². The van der Waals surface area contributed by atoms with E-state index in [1.165, 1.54) is 4.80 Å². The smallest absolute Gasteiger partial charge is 0.304 e. The minimum absolute atomic E-state index is 0.0853. The lowest BCUT2D eigenvalue weighted by molar-refractivity contribution is -0.137. The zero-order chi connectivity index (χ0) is 13.8. The van der Waals surface area contributed by atoms with Gasteiger partial charge in [-0.05, 0) is 22.9 Å². The maximum absolute atomic E-state index is 11.0. The lowest BCUT2D eigenvalue weighted by Crippen LogP contribution is -2.10. The average Bonchev–Trinajstić information content (AvgIpc) is 2.82. The second-order valence-corrected chi connectivity index (χ2v) is 4.06. The molecular formula is C12H14N4O3. The number of ether oxygens (including phenoxy) is 1. The summed E-state index contributed by atoms with van der Waals surface area (Å²) in [6.07, 6.45) is -0.0853. The van der Waals surface area contributed by atoms with E-state index in [0.717, 1.165) is 5.56 Å². The lowest BCUT2D eigenvalue weighted by atomic mass is 9.95. The molecule has 7 nitrogen and oxygen atoms in total. The fraction of sp³-hybridized carbons (Fsp3) is 0.333. The normalized spacial score (nSPS) is 12.1. The number of carboxylic acids is 1. The van der Waals surface area contributed by atoms with Gasteiger partial charge in [0.1, 0.15) is 5.75 Å². The van der Waals surface area contributed by atoms with Gasteiger partial charge in [0, 0.05) is 0 Å². The summed E-state index contributed by atoms with van der Waals surface area (Å²) in [5, 5.41) is 20.7. The van der Waals surface area contributed by atoms with E-state index in [-0.39, 0.29) is 6.42 Å². The topological polar surface area (TPSA) is 90.1 Å². The Bertz CT molecular complexity index is 565. The molecule has 0 aliphatic heterocycles. The first-order valence-corrected chi connectivity index (χ1v) is 5.70. The number of hydrogen-bond donors (Lipinski definition) is 1. The highest BCUT2D eigenvalue weighted by molar-refractivity contribution is 5.68. The van der Waals surface area contributed by atoms with E-state index in [0.29, 0.717) is 11.6 Å². The number of hydrogen-bond acceptors (Lipinski definition) is 5. The van der Waals surface area contributed by atoms with Crippen LogP contribution < -0.4 is 4.74 Å². The maximum Gasteiger partial charge on any atom is 0.304 e. The number of rotatable bonds is 5. The van der Waals surface area contributed by atoms with Gasteiger partial charge in [-0.15, -0.1) is 10.2 Å². The van der Waals surface area contributed by atoms with Gasteiger partial charge < -0.3 is 9.84 Å². The number of carbonyl (C=O) groups is 1. The molecule has 0 amide bonds. The van der Waals surface area contributed by atoms with E-state index >= 15 is 0 Å². The van der Waals surface area contributed by atoms with E-state index in [9.17, 15) is 4.79 Å². The summed E-state index contributed by atoms with van der Waals surface area (Å²) in [5.41, 5.74) is 0.816. The fourth-order valence-corrected chi connectivity index (χ4v) is 1.81. The third-order valence-corrected chi connectivity index (χ3v) is 2.73. The molecule has 0 spiro atoms. The van der Waals surface area contributed by atoms with Crippen LogP contribution in [-0.2, 0) is 11.8 Å². The van der Waals surface area contributed by atoms with E-state index in [4.69, 9.17) is 9.84 Å². The highest BCUT2D eigenvalue weighted by Gasteiger charge is 2.22. The number of nitrogens with zero attached hydrogens (tertiary/aromatic N) is 4. The lowest BCUT2D eigenvalue weighted by Gasteiger charge is -2.11. The third kappa shape index (κ3) is 3.06. The molecule has 0 aliphatic rings. The van der Waals surface area contributed by atoms with Gasteiger partial charge in [0.25, 0.3) is 0 Å². The molecule has 0 saturated heterocycles. The van der Waals surface area contributed by atoms with Crippen molar-refractivity contribution in [1.29, 1.82) is 0 Å². The number of tetrazole rings is 1. The molecule has 2 aromatic rings. The molecule has 19 heavy (non-hydrogen) atoms. The van der Waals surface area contributed by atoms with Crippen LogP contribution in [0, 0.1) is 0 Å². The van der Waals surface area contributed by atoms with Crippen LogP contribution in [-0.4, -0.2) is 38.4 Å². The van der Waals surface area contributed by atoms with Gasteiger partial charge in [-0.1, -0.05) is 12.1 Å². The van der Waals surface area contributed by atoms with Crippen molar-refractivity contribution in [1.82, 2.24) is 20.2 Å². The van der Waals surface area contributed by atoms with Gasteiger partial charge in [-0.2, -0.15) is 4.80 Å². The molecule has 1 heterocycles. The first kappa shape index (κ1) is 13.0. The molecule has 1 atom stereocenters. The zero-order valence-corrected chi connectivity index (χ0v) is 10.6. The van der Waals surface area contributed by atoms with Crippen molar-refractivity contribution >= 4 is 5.97 Å². The van der Waals surface area contributed by atoms with Gasteiger partial charge in [-0.25, -0.2) is 0 Å². The van der Waals surface area contributed by atoms with Crippen LogP contribution in [0.2, 0.25) is 0 Å². The minimum Gasteiger partial charge on any atom is -0.497 e. The Labute approximate surface area is 109 Å². The second kappa shape index (κ2) is 5.47. The van der Waals surface area contributed by atoms with E-state index < -0.39 is 11.9 Å². The first-order valence-electron chi connectivity index (χ1n) is 5.70. The maximum atomic E-state index is 11.0. The van der Waals surface area contributed by atoms with Gasteiger partial charge in [0.05, 0.1) is 26.5 Å². The standard InChI is InChI=1S/C12H14N4O3/c1-16-14-12(13-15-16)10(7-11(17)18)8-3-5-9(19-2)6-4-8/h3-6,10H,7H2,1-2H3,(H,17,18). The van der Waals surface area contributed by atoms with Crippen molar-refractivity contribution in [2.75, 3.05) is 7.11 Å². The number of carboxylic acid groups (broad SMARTS) is 1. The molecule has 0 fully saturated rings. The molecule has 2 rings (SSSR count). The fourth-order valence-electron chi connectivity index (χ4n) is 1.81. The quantitative estimate of drug-likeness (QED) is 0.858. The Morgan fingerprint density at radius 1 is 1.42 bits per heavy atom. The summed E-state index contributed by atoms with van der Waals surface area (Å²) in [6.45, 7) is 0. The predicted molar refractivity (Wildman–Crippen MR) is 65.9 cm³/mol. The summed E-state index contributed by atoms with van der Waals surface area (Å²) in [5.74, 6) is -0.217. The van der Waals surface area contributed by atoms with Crippen molar-refractivity contribution in [3.05, 3.63) is 35.7 Å². The zero-order valence-electron chi connectivity index (χ0n) is 10.6. The van der Waals surface area contributed by atoms with Crippen molar-refractivity contribution in [3.8, 4) is 5.75 Å². The number of benzene rings is 1. The number of aryl methyl sites for hydroxylation is 1. The summed E-state index contributed by atoms with van der Waals surface area (Å²) in [4.78, 5) is 12.3. The van der Waals surface area contributed by atoms with Crippen LogP contribution in [0.4, 0.5) is 0 Å². The molecule has 0 radical (unpaired) electrons. The highest BCUT2D eigenvalue weighted by Crippen LogP contribution is 2.26. The number of aliphatic carboxylic acids is 1. The van der Waals surface area contributed by atoms with Gasteiger partial charge >= 0.3 is 5.97 Å². The molecule has 100 valence electrons. The third-order valence-electron chi connectivity index (χ3n) is 2.73. The van der Waals surface area contributed by atoms with Crippen LogP contribution in [0.1, 0.15) is 23.7 Å². The van der Waals surface area contributed by atoms with Gasteiger partial charge in [0.2, 0.25) is 0 Å². The largest absolute Gasteiger partial charge is 0.497 e. The molecule has 0 aliphatic carbocycles. The average molecular weight is 262 g/mol. The minimum atomic E-state index is -0.909. The summed E-state index contributed by atoms with van der Waals surface area (Å²) in [7, 11) is 3.22. The monoisotopic (exact) mass is 262 g/mol. The van der Waals surface area contributed by atoms with Crippen LogP contribution in [0.3, 0.4) is 0 Å². The molecule has 7 heteroatoms. The van der Waals surface area contributed by atoms with Crippen LogP contribution in [0.15, 0.2) is 24.3 Å². The first-order chi connectivity index (χ1) is 9.10. The van der Waals surface area contributed by atoms with E-state index in [2.05, 4.69) is 15.4 Å². The molecule has 1 aromatic heterocycles. The molecule has 1 aromatic carbocycles. The van der Waals surface area contributed by atoms with Crippen LogP contribution >= 0.6 is 0 Å². The Hall–Kier alpha value is -2.44. The van der Waals surface area contributed by atoms with Gasteiger partial charge in [0.15, 0.2) is 5.82 Å². The van der Waals surface area contributed by atoms with E-state index in [1.54, 1.807) is 26.3 Å². The van der Waals surface area contributed by atoms with E-state index in [1.807, 2.05) is 12.1 Å². The summed E-state index contributed by atoms with van der Waals surface area (Å²) < 4.78 is 5.08. The molecular weight excluding hydrogens is 248 g/mol. The number of aromatic nitrogens is 4.